The first-order chi connectivity index (χ1) is 13.4. The molecule has 2 heterocycles. The van der Waals surface area contributed by atoms with Gasteiger partial charge in [0.15, 0.2) is 11.4 Å². The maximum Gasteiger partial charge on any atom is 0.264 e. The number of furan rings is 1. The highest BCUT2D eigenvalue weighted by Gasteiger charge is 2.51. The smallest absolute Gasteiger partial charge is 0.264 e. The minimum atomic E-state index is -1.90. The summed E-state index contributed by atoms with van der Waals surface area (Å²) < 4.78 is 5.14. The number of Topliss-reactive ketones (excluding diaryl/α,β-unsaturated/α-hetero) is 1. The highest BCUT2D eigenvalue weighted by Crippen LogP contribution is 2.43. The van der Waals surface area contributed by atoms with E-state index < -0.39 is 17.3 Å². The second kappa shape index (κ2) is 6.77. The second-order valence-electron chi connectivity index (χ2n) is 7.28. The Kier molecular flexibility index (Phi) is 4.40. The first-order valence-electron chi connectivity index (χ1n) is 9.17. The molecule has 1 atom stereocenters. The fraction of sp³-hybridized carbons (Fsp3) is 0.217. The van der Waals surface area contributed by atoms with Gasteiger partial charge in [-0.05, 0) is 43.2 Å². The fourth-order valence-corrected chi connectivity index (χ4v) is 3.78. The average molecular weight is 375 g/mol. The molecule has 0 saturated carbocycles. The molecule has 0 fully saturated rings. The largest absolute Gasteiger partial charge is 0.461 e. The molecule has 0 aliphatic carbocycles. The molecule has 5 nitrogen and oxygen atoms in total. The molecule has 1 aliphatic rings. The highest BCUT2D eigenvalue weighted by molar-refractivity contribution is 6.10. The molecule has 3 aromatic rings. The molecule has 0 bridgehead atoms. The number of nitrogens with zero attached hydrogens (tertiary/aromatic N) is 1. The van der Waals surface area contributed by atoms with Crippen LogP contribution in [-0.2, 0) is 16.9 Å². The number of rotatable bonds is 5. The molecule has 142 valence electrons. The summed E-state index contributed by atoms with van der Waals surface area (Å²) in [4.78, 5) is 27.4. The maximum atomic E-state index is 13.3. The van der Waals surface area contributed by atoms with E-state index in [-0.39, 0.29) is 12.2 Å². The summed E-state index contributed by atoms with van der Waals surface area (Å²) in [7, 11) is 0. The lowest BCUT2D eigenvalue weighted by Crippen LogP contribution is -2.41. The van der Waals surface area contributed by atoms with Crippen molar-refractivity contribution in [1.29, 1.82) is 0 Å². The van der Waals surface area contributed by atoms with E-state index in [1.165, 1.54) is 12.3 Å². The molecule has 0 saturated heterocycles. The minimum absolute atomic E-state index is 0.131. The Morgan fingerprint density at radius 3 is 2.61 bits per heavy atom. The van der Waals surface area contributed by atoms with Gasteiger partial charge in [-0.3, -0.25) is 9.59 Å². The number of amides is 1. The molecular formula is C23H21NO4. The van der Waals surface area contributed by atoms with Gasteiger partial charge in [-0.2, -0.15) is 0 Å². The number of hydrogen-bond donors (Lipinski definition) is 1. The number of anilines is 1. The molecule has 1 N–H and O–H groups in total. The van der Waals surface area contributed by atoms with Crippen LogP contribution in [0, 0.1) is 13.8 Å². The summed E-state index contributed by atoms with van der Waals surface area (Å²) >= 11 is 0. The Morgan fingerprint density at radius 1 is 1.11 bits per heavy atom. The Labute approximate surface area is 163 Å². The van der Waals surface area contributed by atoms with E-state index in [4.69, 9.17) is 4.42 Å². The molecule has 1 aromatic heterocycles. The van der Waals surface area contributed by atoms with Crippen molar-refractivity contribution in [3.05, 3.63) is 88.9 Å². The topological polar surface area (TPSA) is 70.8 Å². The molecular weight excluding hydrogens is 354 g/mol. The van der Waals surface area contributed by atoms with Gasteiger partial charge in [0.05, 0.1) is 24.9 Å². The van der Waals surface area contributed by atoms with Crippen LogP contribution in [0.3, 0.4) is 0 Å². The summed E-state index contributed by atoms with van der Waals surface area (Å²) in [5, 5.41) is 11.3. The number of hydrogen-bond acceptors (Lipinski definition) is 4. The van der Waals surface area contributed by atoms with Gasteiger partial charge in [0.1, 0.15) is 0 Å². The second-order valence-corrected chi connectivity index (χ2v) is 7.28. The zero-order valence-electron chi connectivity index (χ0n) is 15.8. The summed E-state index contributed by atoms with van der Waals surface area (Å²) in [6, 6.07) is 16.3. The minimum Gasteiger partial charge on any atom is -0.461 e. The molecule has 5 heteroatoms. The molecule has 0 radical (unpaired) electrons. The van der Waals surface area contributed by atoms with Gasteiger partial charge >= 0.3 is 0 Å². The SMILES string of the molecule is Cc1ccc(CN2C(=O)C(O)(CC(=O)c3ccco3)c3ccccc32)c(C)c1. The fourth-order valence-electron chi connectivity index (χ4n) is 3.78. The number of carbonyl (C=O) groups excluding carboxylic acids is 2. The first kappa shape index (κ1) is 18.2. The van der Waals surface area contributed by atoms with Gasteiger partial charge in [-0.15, -0.1) is 0 Å². The van der Waals surface area contributed by atoms with Gasteiger partial charge in [-0.25, -0.2) is 0 Å². The number of aliphatic hydroxyl groups is 1. The molecule has 1 aliphatic heterocycles. The van der Waals surface area contributed by atoms with Crippen LogP contribution in [0.5, 0.6) is 0 Å². The van der Waals surface area contributed by atoms with Crippen LogP contribution >= 0.6 is 0 Å². The van der Waals surface area contributed by atoms with Crippen LogP contribution in [-0.4, -0.2) is 16.8 Å². The lowest BCUT2D eigenvalue weighted by atomic mass is 9.89. The van der Waals surface area contributed by atoms with Gasteiger partial charge in [-0.1, -0.05) is 42.0 Å². The Balaban J connectivity index is 1.70. The van der Waals surface area contributed by atoms with E-state index >= 15 is 0 Å². The van der Waals surface area contributed by atoms with Crippen molar-refractivity contribution in [3.63, 3.8) is 0 Å². The predicted octanol–water partition coefficient (Wildman–Crippen LogP) is 3.90. The Bertz CT molecular complexity index is 1050. The summed E-state index contributed by atoms with van der Waals surface area (Å²) in [6.45, 7) is 4.35. The van der Waals surface area contributed by atoms with Crippen LogP contribution in [0.2, 0.25) is 0 Å². The molecule has 1 amide bonds. The van der Waals surface area contributed by atoms with Crippen molar-refractivity contribution < 1.29 is 19.1 Å². The quantitative estimate of drug-likeness (QED) is 0.687. The van der Waals surface area contributed by atoms with Crippen molar-refractivity contribution in [3.8, 4) is 0 Å². The van der Waals surface area contributed by atoms with E-state index in [2.05, 4.69) is 6.07 Å². The van der Waals surface area contributed by atoms with E-state index in [0.717, 1.165) is 16.7 Å². The standard InChI is InChI=1S/C23H21NO4/c1-15-9-10-17(16(2)12-15)14-24-19-7-4-3-6-18(19)23(27,22(24)26)13-20(25)21-8-5-11-28-21/h3-12,27H,13-14H2,1-2H3. The number of aryl methyl sites for hydroxylation is 2. The van der Waals surface area contributed by atoms with Crippen LogP contribution < -0.4 is 4.90 Å². The number of benzene rings is 2. The molecule has 4 rings (SSSR count). The third kappa shape index (κ3) is 2.94. The lowest BCUT2D eigenvalue weighted by Gasteiger charge is -2.23. The van der Waals surface area contributed by atoms with Crippen LogP contribution in [0.1, 0.15) is 39.2 Å². The predicted molar refractivity (Wildman–Crippen MR) is 105 cm³/mol. The number of carbonyl (C=O) groups is 2. The Hall–Kier alpha value is -3.18. The number of fused-ring (bicyclic) bond motifs is 1. The van der Waals surface area contributed by atoms with Crippen LogP contribution in [0.25, 0.3) is 0 Å². The van der Waals surface area contributed by atoms with E-state index in [1.807, 2.05) is 32.0 Å². The lowest BCUT2D eigenvalue weighted by molar-refractivity contribution is -0.136. The van der Waals surface area contributed by atoms with E-state index in [1.54, 1.807) is 29.2 Å². The molecule has 2 aromatic carbocycles. The molecule has 28 heavy (non-hydrogen) atoms. The monoisotopic (exact) mass is 375 g/mol. The van der Waals surface area contributed by atoms with E-state index in [0.29, 0.717) is 17.8 Å². The van der Waals surface area contributed by atoms with E-state index in [9.17, 15) is 14.7 Å². The maximum absolute atomic E-state index is 13.3. The van der Waals surface area contributed by atoms with Crippen LogP contribution in [0.4, 0.5) is 5.69 Å². The van der Waals surface area contributed by atoms with Crippen molar-refractivity contribution in [1.82, 2.24) is 0 Å². The van der Waals surface area contributed by atoms with Gasteiger partial charge in [0.25, 0.3) is 5.91 Å². The molecule has 1 unspecified atom stereocenters. The van der Waals surface area contributed by atoms with Crippen LogP contribution in [0.15, 0.2) is 65.3 Å². The third-order valence-electron chi connectivity index (χ3n) is 5.28. The zero-order chi connectivity index (χ0) is 19.9. The number of para-hydroxylation sites is 1. The summed E-state index contributed by atoms with van der Waals surface area (Å²) in [6.07, 6.45) is 1.04. The normalized spacial score (nSPS) is 18.4. The van der Waals surface area contributed by atoms with Gasteiger partial charge in [0, 0.05) is 5.56 Å². The first-order valence-corrected chi connectivity index (χ1v) is 9.17. The van der Waals surface area contributed by atoms with Crippen molar-refractivity contribution >= 4 is 17.4 Å². The molecule has 0 spiro atoms. The van der Waals surface area contributed by atoms with Crippen molar-refractivity contribution in [2.45, 2.75) is 32.4 Å². The zero-order valence-corrected chi connectivity index (χ0v) is 15.8. The van der Waals surface area contributed by atoms with Crippen molar-refractivity contribution in [2.75, 3.05) is 4.90 Å². The van der Waals surface area contributed by atoms with Gasteiger partial charge < -0.3 is 14.4 Å². The number of ketones is 1. The third-order valence-corrected chi connectivity index (χ3v) is 5.28. The van der Waals surface area contributed by atoms with Crippen molar-refractivity contribution in [2.24, 2.45) is 0 Å². The summed E-state index contributed by atoms with van der Waals surface area (Å²) in [5.74, 6) is -0.774. The Morgan fingerprint density at radius 2 is 1.89 bits per heavy atom. The average Bonchev–Trinajstić information content (AvgIpc) is 3.27. The van der Waals surface area contributed by atoms with Gasteiger partial charge in [0.2, 0.25) is 5.78 Å². The summed E-state index contributed by atoms with van der Waals surface area (Å²) in [5.41, 5.74) is 2.39. The highest BCUT2D eigenvalue weighted by atomic mass is 16.3.